The Morgan fingerprint density at radius 1 is 1.26 bits per heavy atom. The number of hydrogen-bond acceptors (Lipinski definition) is 7. The maximum absolute atomic E-state index is 13.3. The van der Waals surface area contributed by atoms with Gasteiger partial charge in [-0.15, -0.1) is 0 Å². The molecule has 2 aromatic rings. The van der Waals surface area contributed by atoms with Crippen molar-refractivity contribution in [3.8, 4) is 6.07 Å². The summed E-state index contributed by atoms with van der Waals surface area (Å²) >= 11 is 0. The second-order valence-electron chi connectivity index (χ2n) is 10.4. The van der Waals surface area contributed by atoms with E-state index in [4.69, 9.17) is 4.74 Å². The smallest absolute Gasteiger partial charge is 0.328 e. The fourth-order valence-corrected chi connectivity index (χ4v) is 5.62. The standard InChI is InChI=1S/C28H32N6O4/c1-17-7-9-33(27(17)36)15-21-11-19-4-3-8-34(26(19)31-23(21)16-35)28(37)32-25-12-20(22(13-29)14-30-25)10-18-5-6-24(18)38-2/h11-12,14,16-18,24H,3-10,15H2,1-2H3,(H,30,32,37)/t17-,18-,24-/m0/s1. The lowest BCUT2D eigenvalue weighted by Crippen LogP contribution is -2.40. The van der Waals surface area contributed by atoms with Gasteiger partial charge in [-0.05, 0) is 67.7 Å². The number of hydrogen-bond donors (Lipinski definition) is 1. The first-order valence-electron chi connectivity index (χ1n) is 13.2. The highest BCUT2D eigenvalue weighted by Crippen LogP contribution is 2.34. The lowest BCUT2D eigenvalue weighted by Gasteiger charge is -2.35. The van der Waals surface area contributed by atoms with Crippen LogP contribution in [0.4, 0.5) is 16.4 Å². The van der Waals surface area contributed by atoms with Gasteiger partial charge in [-0.2, -0.15) is 5.26 Å². The lowest BCUT2D eigenvalue weighted by atomic mass is 9.77. The number of aromatic nitrogens is 2. The summed E-state index contributed by atoms with van der Waals surface area (Å²) in [5, 5.41) is 12.4. The predicted molar refractivity (Wildman–Crippen MR) is 140 cm³/mol. The lowest BCUT2D eigenvalue weighted by molar-refractivity contribution is -0.131. The molecule has 3 amide bonds. The summed E-state index contributed by atoms with van der Waals surface area (Å²) in [5.41, 5.74) is 3.13. The number of anilines is 2. The SMILES string of the molecule is CO[C@H]1CC[C@H]1Cc1cc(NC(=O)N2CCCc3cc(CN4CC[C@H](C)C4=O)c(C=O)nc32)ncc1C#N. The first-order valence-corrected chi connectivity index (χ1v) is 13.2. The third-order valence-corrected chi connectivity index (χ3v) is 8.04. The zero-order valence-electron chi connectivity index (χ0n) is 21.8. The Balaban J connectivity index is 1.35. The van der Waals surface area contributed by atoms with Crippen molar-refractivity contribution in [2.24, 2.45) is 11.8 Å². The second kappa shape index (κ2) is 10.9. The zero-order chi connectivity index (χ0) is 26.8. The number of carbonyl (C=O) groups is 3. The van der Waals surface area contributed by atoms with Crippen molar-refractivity contribution in [3.05, 3.63) is 46.3 Å². The summed E-state index contributed by atoms with van der Waals surface area (Å²) in [7, 11) is 1.70. The Morgan fingerprint density at radius 3 is 2.76 bits per heavy atom. The quantitative estimate of drug-likeness (QED) is 0.558. The number of aldehydes is 1. The number of pyridine rings is 2. The van der Waals surface area contributed by atoms with E-state index in [1.165, 1.54) is 11.1 Å². The van der Waals surface area contributed by atoms with Crippen LogP contribution >= 0.6 is 0 Å². The zero-order valence-corrected chi connectivity index (χ0v) is 21.8. The molecule has 5 rings (SSSR count). The number of nitrogens with one attached hydrogen (secondary N) is 1. The number of urea groups is 1. The molecule has 3 aliphatic rings. The van der Waals surface area contributed by atoms with Crippen LogP contribution in [0.25, 0.3) is 0 Å². The number of methoxy groups -OCH3 is 1. The van der Waals surface area contributed by atoms with Gasteiger partial charge in [-0.3, -0.25) is 19.8 Å². The molecular formula is C28H32N6O4. The molecule has 1 aliphatic carbocycles. The topological polar surface area (TPSA) is 129 Å². The Hall–Kier alpha value is -3.84. The van der Waals surface area contributed by atoms with Gasteiger partial charge < -0.3 is 9.64 Å². The third-order valence-electron chi connectivity index (χ3n) is 8.04. The Bertz CT molecular complexity index is 1300. The molecule has 0 radical (unpaired) electrons. The number of fused-ring (bicyclic) bond motifs is 1. The Labute approximate surface area is 222 Å². The molecule has 3 atom stereocenters. The molecule has 2 aliphatic heterocycles. The van der Waals surface area contributed by atoms with Crippen molar-refractivity contribution in [2.75, 3.05) is 30.4 Å². The summed E-state index contributed by atoms with van der Waals surface area (Å²) in [4.78, 5) is 49.8. The summed E-state index contributed by atoms with van der Waals surface area (Å²) in [6.45, 7) is 3.37. The van der Waals surface area contributed by atoms with Gasteiger partial charge in [-0.25, -0.2) is 14.8 Å². The number of likely N-dealkylation sites (tertiary alicyclic amines) is 1. The van der Waals surface area contributed by atoms with Gasteiger partial charge in [0.15, 0.2) is 6.29 Å². The van der Waals surface area contributed by atoms with Crippen molar-refractivity contribution >= 4 is 29.9 Å². The Morgan fingerprint density at radius 2 is 2.11 bits per heavy atom. The normalized spacial score (nSPS) is 22.4. The number of carbonyl (C=O) groups excluding carboxylic acids is 3. The first kappa shape index (κ1) is 25.8. The van der Waals surface area contributed by atoms with E-state index in [9.17, 15) is 19.6 Å². The van der Waals surface area contributed by atoms with E-state index in [1.54, 1.807) is 18.1 Å². The van der Waals surface area contributed by atoms with Crippen LogP contribution in [-0.4, -0.2) is 59.4 Å². The van der Waals surface area contributed by atoms with Gasteiger partial charge in [0.05, 0.1) is 11.7 Å². The Kier molecular flexibility index (Phi) is 7.38. The summed E-state index contributed by atoms with van der Waals surface area (Å²) < 4.78 is 5.50. The van der Waals surface area contributed by atoms with E-state index in [1.807, 2.05) is 13.0 Å². The number of aryl methyl sites for hydroxylation is 1. The van der Waals surface area contributed by atoms with Crippen LogP contribution in [0.1, 0.15) is 65.3 Å². The largest absolute Gasteiger partial charge is 0.381 e. The number of ether oxygens (including phenoxy) is 1. The molecule has 4 heterocycles. The van der Waals surface area contributed by atoms with Crippen LogP contribution in [0, 0.1) is 23.2 Å². The molecule has 10 heteroatoms. The summed E-state index contributed by atoms with van der Waals surface area (Å²) in [6, 6.07) is 5.46. The molecule has 0 aromatic carbocycles. The first-order chi connectivity index (χ1) is 18.4. The van der Waals surface area contributed by atoms with Crippen molar-refractivity contribution < 1.29 is 19.1 Å². The van der Waals surface area contributed by atoms with Gasteiger partial charge in [-0.1, -0.05) is 6.92 Å². The van der Waals surface area contributed by atoms with Gasteiger partial charge in [0.2, 0.25) is 5.91 Å². The fraction of sp³-hybridized carbons (Fsp3) is 0.500. The van der Waals surface area contributed by atoms with E-state index in [0.717, 1.165) is 43.2 Å². The predicted octanol–water partition coefficient (Wildman–Crippen LogP) is 3.48. The molecule has 2 aromatic heterocycles. The van der Waals surface area contributed by atoms with Crippen molar-refractivity contribution in [1.29, 1.82) is 5.26 Å². The molecule has 0 bridgehead atoms. The number of nitrogens with zero attached hydrogens (tertiary/aromatic N) is 5. The van der Waals surface area contributed by atoms with Crippen LogP contribution in [-0.2, 0) is 28.9 Å². The summed E-state index contributed by atoms with van der Waals surface area (Å²) in [5.74, 6) is 1.23. The maximum atomic E-state index is 13.3. The minimum atomic E-state index is -0.395. The van der Waals surface area contributed by atoms with E-state index in [2.05, 4.69) is 21.4 Å². The van der Waals surface area contributed by atoms with Crippen LogP contribution in [0.5, 0.6) is 0 Å². The minimum Gasteiger partial charge on any atom is -0.381 e. The van der Waals surface area contributed by atoms with E-state index >= 15 is 0 Å². The van der Waals surface area contributed by atoms with Crippen LogP contribution in [0.15, 0.2) is 18.3 Å². The van der Waals surface area contributed by atoms with Gasteiger partial charge in [0, 0.05) is 44.4 Å². The highest BCUT2D eigenvalue weighted by molar-refractivity contribution is 6.01. The molecule has 38 heavy (non-hydrogen) atoms. The van der Waals surface area contributed by atoms with Crippen molar-refractivity contribution in [3.63, 3.8) is 0 Å². The summed E-state index contributed by atoms with van der Waals surface area (Å²) in [6.07, 6.45) is 7.37. The molecule has 0 unspecified atom stereocenters. The van der Waals surface area contributed by atoms with Crippen LogP contribution in [0.2, 0.25) is 0 Å². The van der Waals surface area contributed by atoms with Crippen LogP contribution < -0.4 is 10.2 Å². The molecule has 2 fully saturated rings. The molecule has 1 saturated heterocycles. The number of nitriles is 1. The van der Waals surface area contributed by atoms with Crippen molar-refractivity contribution in [1.82, 2.24) is 14.9 Å². The average Bonchev–Trinajstić information content (AvgIpc) is 3.22. The molecule has 10 nitrogen and oxygen atoms in total. The number of rotatable bonds is 7. The molecule has 0 spiro atoms. The fourth-order valence-electron chi connectivity index (χ4n) is 5.62. The second-order valence-corrected chi connectivity index (χ2v) is 10.4. The van der Waals surface area contributed by atoms with Gasteiger partial charge in [0.25, 0.3) is 0 Å². The molecule has 198 valence electrons. The monoisotopic (exact) mass is 516 g/mol. The number of amides is 3. The molecule has 1 saturated carbocycles. The highest BCUT2D eigenvalue weighted by atomic mass is 16.5. The van der Waals surface area contributed by atoms with E-state index < -0.39 is 6.03 Å². The third kappa shape index (κ3) is 4.98. The van der Waals surface area contributed by atoms with Crippen molar-refractivity contribution in [2.45, 2.75) is 58.1 Å². The van der Waals surface area contributed by atoms with Gasteiger partial charge >= 0.3 is 6.03 Å². The average molecular weight is 517 g/mol. The highest BCUT2D eigenvalue weighted by Gasteiger charge is 2.32. The van der Waals surface area contributed by atoms with Crippen LogP contribution in [0.3, 0.4) is 0 Å². The van der Waals surface area contributed by atoms with E-state index in [0.29, 0.717) is 61.0 Å². The maximum Gasteiger partial charge on any atom is 0.328 e. The van der Waals surface area contributed by atoms with Gasteiger partial charge in [0.1, 0.15) is 23.4 Å². The minimum absolute atomic E-state index is 0.00840. The van der Waals surface area contributed by atoms with E-state index in [-0.39, 0.29) is 23.6 Å². The molecule has 1 N–H and O–H groups in total. The molecular weight excluding hydrogens is 484 g/mol.